The van der Waals surface area contributed by atoms with E-state index in [0.29, 0.717) is 112 Å². The first-order valence-electron chi connectivity index (χ1n) is 26.0. The van der Waals surface area contributed by atoms with Crippen LogP contribution in [0.3, 0.4) is 0 Å². The molecule has 23 nitrogen and oxygen atoms in total. The van der Waals surface area contributed by atoms with Crippen LogP contribution in [0.5, 0.6) is 17.2 Å². The lowest BCUT2D eigenvalue weighted by molar-refractivity contribution is -0.384. The van der Waals surface area contributed by atoms with Gasteiger partial charge in [0.2, 0.25) is 0 Å². The topological polar surface area (TPSA) is 319 Å². The third-order valence-electron chi connectivity index (χ3n) is 11.5. The number of amides is 1. The van der Waals surface area contributed by atoms with E-state index in [-0.39, 0.29) is 32.2 Å². The average Bonchev–Trinajstić information content (AvgIpc) is 1.90. The minimum Gasteiger partial charge on any atom is -0.504 e. The number of nitrogens with one attached hydrogen (secondary N) is 5. The van der Waals surface area contributed by atoms with E-state index < -0.39 is 16.4 Å². The van der Waals surface area contributed by atoms with Crippen LogP contribution < -0.4 is 48.0 Å². The molecular formula is C62H63BrCl5N13O10. The number of benzene rings is 4. The van der Waals surface area contributed by atoms with Gasteiger partial charge in [0.05, 0.1) is 30.0 Å². The molecule has 7 heterocycles. The van der Waals surface area contributed by atoms with E-state index in [1.165, 1.54) is 41.4 Å². The molecule has 0 fully saturated rings. The number of nitro groups is 1. The predicted octanol–water partition coefficient (Wildman–Crippen LogP) is 15.4. The number of fused-ring (bicyclic) bond motifs is 2. The van der Waals surface area contributed by atoms with E-state index in [1.54, 1.807) is 77.0 Å². The number of hydrogen-bond donors (Lipinski definition) is 7. The molecular weight excluding hydrogens is 1340 g/mol. The molecule has 478 valence electrons. The van der Waals surface area contributed by atoms with Gasteiger partial charge in [0.1, 0.15) is 13.2 Å². The number of alkyl halides is 1. The number of nitrogens with two attached hydrogens (primary N) is 1. The summed E-state index contributed by atoms with van der Waals surface area (Å²) in [4.78, 5) is 66.1. The Balaban J connectivity index is 0.000000242. The van der Waals surface area contributed by atoms with Crippen molar-refractivity contribution in [2.24, 2.45) is 7.05 Å². The Labute approximate surface area is 556 Å². The molecule has 29 heteroatoms. The van der Waals surface area contributed by atoms with Gasteiger partial charge in [0.15, 0.2) is 57.2 Å². The summed E-state index contributed by atoms with van der Waals surface area (Å²) in [7, 11) is 6.82. The summed E-state index contributed by atoms with van der Waals surface area (Å²) in [5, 5.41) is 33.9. The number of oxazole rings is 2. The first-order valence-corrected chi connectivity index (χ1v) is 29.0. The smallest absolute Gasteiger partial charge is 0.420 e. The number of nitro benzene ring substituents is 1. The van der Waals surface area contributed by atoms with Crippen molar-refractivity contribution in [2.75, 3.05) is 48.1 Å². The molecule has 0 aliphatic rings. The van der Waals surface area contributed by atoms with Crippen molar-refractivity contribution >= 4 is 137 Å². The van der Waals surface area contributed by atoms with Gasteiger partial charge in [-0.1, -0.05) is 143 Å². The second kappa shape index (κ2) is 36.9. The maximum atomic E-state index is 12.4. The van der Waals surface area contributed by atoms with Crippen molar-refractivity contribution in [3.8, 4) is 17.2 Å². The fourth-order valence-electron chi connectivity index (χ4n) is 7.35. The van der Waals surface area contributed by atoms with Crippen LogP contribution in [-0.2, 0) is 25.6 Å². The minimum atomic E-state index is -0.519. The van der Waals surface area contributed by atoms with Gasteiger partial charge in [-0.05, 0) is 60.0 Å². The van der Waals surface area contributed by atoms with Crippen LogP contribution in [0.1, 0.15) is 47.5 Å². The number of anilines is 5. The van der Waals surface area contributed by atoms with Crippen molar-refractivity contribution in [2.45, 2.75) is 40.3 Å². The van der Waals surface area contributed by atoms with Crippen LogP contribution in [0.4, 0.5) is 34.5 Å². The molecule has 1 amide bonds. The van der Waals surface area contributed by atoms with Crippen LogP contribution in [-0.4, -0.2) is 71.6 Å². The van der Waals surface area contributed by atoms with Crippen molar-refractivity contribution < 1.29 is 33.1 Å². The third-order valence-corrected chi connectivity index (χ3v) is 13.2. The Bertz CT molecular complexity index is 4310. The molecule has 4 aromatic carbocycles. The zero-order valence-electron chi connectivity index (χ0n) is 47.7. The first-order chi connectivity index (χ1) is 42.6. The Morgan fingerprint density at radius 3 is 1.75 bits per heavy atom. The Hall–Kier alpha value is -9.43. The second-order valence-electron chi connectivity index (χ2n) is 18.1. The van der Waals surface area contributed by atoms with E-state index in [0.717, 1.165) is 22.3 Å². The molecule has 8 N–H and O–H groups in total. The summed E-state index contributed by atoms with van der Waals surface area (Å²) in [5.74, 6) is 1.86. The molecule has 91 heavy (non-hydrogen) atoms. The molecule has 0 bridgehead atoms. The number of halogens is 6. The minimum absolute atomic E-state index is 0. The molecule has 0 aliphatic heterocycles. The standard InChI is InChI=1S/C21H20ClN3O2.C13H14ClN3O.C7H6BrNO2.C7H5ClN2O2.C6H3ClN2O2.C6H7ClN2O.2CH4/c1-14-5-3-7-16(9-14)21(26)25-18-8-4-6-15(10-18)13-27-19-11-17(22)12-24-20(19)23-2;1-16-13-12(6-10(14)7-17-13)18-8-9-3-2-4-11(15)5-9;8-5-6-2-1-3-7(4-6)9(10)11;1-10-6-5(12-7(10)11)2-4(8)3-9-6;7-3-1-4-5(8-2-3)9-6(10)11-4;1-8-6-5(10)2-4(7)3-9-6;;/h3-12H,13H2,1-2H3,(H,23,24)(H,25,26);2-7H,8,15H2,1H3,(H,16,17);1-4H,5H2;2-3H,1H3;1-2H,(H,8,9,10);2-3,10H,1H3,(H,8,9);2*1H4. The fraction of sp³-hybridized carbons (Fsp3) is 0.161. The zero-order chi connectivity index (χ0) is 64.6. The number of aromatic hydroxyl groups is 1. The molecule has 11 rings (SSSR count). The Morgan fingerprint density at radius 2 is 1.18 bits per heavy atom. The van der Waals surface area contributed by atoms with Crippen LogP contribution in [0.15, 0.2) is 177 Å². The third kappa shape index (κ3) is 23.5. The number of aromatic amines is 1. The molecule has 0 unspecified atom stereocenters. The fourth-order valence-corrected chi connectivity index (χ4v) is 8.44. The van der Waals surface area contributed by atoms with Gasteiger partial charge in [-0.15, -0.1) is 0 Å². The van der Waals surface area contributed by atoms with Crippen molar-refractivity contribution in [3.05, 3.63) is 243 Å². The molecule has 0 saturated heterocycles. The number of carbonyl (C=O) groups is 1. The number of rotatable bonds is 13. The number of aryl methyl sites for hydroxylation is 2. The van der Waals surface area contributed by atoms with E-state index in [2.05, 4.69) is 67.1 Å². The lowest BCUT2D eigenvalue weighted by atomic mass is 10.1. The van der Waals surface area contributed by atoms with E-state index in [4.69, 9.17) is 87.2 Å². The molecule has 0 saturated carbocycles. The highest BCUT2D eigenvalue weighted by atomic mass is 79.9. The first kappa shape index (κ1) is 74.0. The highest BCUT2D eigenvalue weighted by Crippen LogP contribution is 2.28. The number of aromatic nitrogens is 7. The van der Waals surface area contributed by atoms with Crippen molar-refractivity contribution in [3.63, 3.8) is 0 Å². The Kier molecular flexibility index (Phi) is 30.0. The van der Waals surface area contributed by atoms with E-state index >= 15 is 0 Å². The van der Waals surface area contributed by atoms with Crippen molar-refractivity contribution in [1.29, 1.82) is 0 Å². The van der Waals surface area contributed by atoms with Gasteiger partial charge in [0.25, 0.3) is 11.6 Å². The summed E-state index contributed by atoms with van der Waals surface area (Å²) in [5.41, 5.74) is 13.5. The SMILES string of the molecule is C.C.CNc1ncc(Cl)cc1O.CNc1ncc(Cl)cc1OCc1cccc(N)c1.CNc1ncc(Cl)cc1OCc1cccc(NC(=O)c2cccc(C)c2)c1.Cn1c(=O)oc2cc(Cl)cnc21.O=[N+]([O-])c1cccc(CBr)c1.O=c1[nH]c2ncc(Cl)cc2o1. The highest BCUT2D eigenvalue weighted by Gasteiger charge is 2.11. The number of ether oxygens (including phenoxy) is 2. The van der Waals surface area contributed by atoms with Gasteiger partial charge < -0.3 is 50.4 Å². The number of carbonyl (C=O) groups excluding carboxylic acids is 1. The molecule has 0 atom stereocenters. The quantitative estimate of drug-likeness (QED) is 0.0244. The summed E-state index contributed by atoms with van der Waals surface area (Å²) in [6.07, 6.45) is 7.50. The summed E-state index contributed by atoms with van der Waals surface area (Å²) >= 11 is 31.9. The van der Waals surface area contributed by atoms with Crippen LogP contribution in [0.2, 0.25) is 25.1 Å². The molecule has 11 aromatic rings. The van der Waals surface area contributed by atoms with Crippen LogP contribution in [0.25, 0.3) is 22.5 Å². The summed E-state index contributed by atoms with van der Waals surface area (Å²) < 4.78 is 22.4. The van der Waals surface area contributed by atoms with Crippen LogP contribution in [0, 0.1) is 17.0 Å². The number of nitrogen functional groups attached to an aromatic ring is 1. The number of pyridine rings is 5. The molecule has 0 radical (unpaired) electrons. The number of non-ortho nitro benzene ring substituents is 1. The normalized spacial score (nSPS) is 9.97. The van der Waals surface area contributed by atoms with Gasteiger partial charge >= 0.3 is 11.5 Å². The maximum absolute atomic E-state index is 12.4. The molecule has 7 aromatic heterocycles. The largest absolute Gasteiger partial charge is 0.504 e. The van der Waals surface area contributed by atoms with Gasteiger partial charge in [-0.25, -0.2) is 34.5 Å². The van der Waals surface area contributed by atoms with E-state index in [9.17, 15) is 24.5 Å². The lowest BCUT2D eigenvalue weighted by Crippen LogP contribution is -2.12. The van der Waals surface area contributed by atoms with Gasteiger partial charge in [-0.2, -0.15) is 0 Å². The highest BCUT2D eigenvalue weighted by molar-refractivity contribution is 9.08. The molecule has 0 spiro atoms. The van der Waals surface area contributed by atoms with Crippen molar-refractivity contribution in [1.82, 2.24) is 34.5 Å². The number of nitrogens with zero attached hydrogens (tertiary/aromatic N) is 7. The van der Waals surface area contributed by atoms with Gasteiger partial charge in [-0.3, -0.25) is 24.5 Å². The molecule has 0 aliphatic carbocycles. The zero-order valence-corrected chi connectivity index (χ0v) is 53.1. The number of H-pyrrole nitrogens is 1. The van der Waals surface area contributed by atoms with Gasteiger partial charge in [0, 0.05) is 124 Å². The van der Waals surface area contributed by atoms with E-state index in [1.807, 2.05) is 79.7 Å². The monoisotopic (exact) mass is 1400 g/mol. The lowest BCUT2D eigenvalue weighted by Gasteiger charge is -2.12. The predicted molar refractivity (Wildman–Crippen MR) is 366 cm³/mol. The number of hydrogen-bond acceptors (Lipinski definition) is 19. The maximum Gasteiger partial charge on any atom is 0.420 e. The summed E-state index contributed by atoms with van der Waals surface area (Å²) in [6.45, 7) is 2.70. The van der Waals surface area contributed by atoms with Crippen LogP contribution >= 0.6 is 73.9 Å². The Morgan fingerprint density at radius 1 is 0.659 bits per heavy atom. The average molecular weight is 1410 g/mol. The second-order valence-corrected chi connectivity index (χ2v) is 20.8. The summed E-state index contributed by atoms with van der Waals surface area (Å²) in [6, 6.07) is 37.1.